The first-order valence-corrected chi connectivity index (χ1v) is 7.11. The van der Waals surface area contributed by atoms with Crippen molar-refractivity contribution in [3.05, 3.63) is 17.3 Å². The van der Waals surface area contributed by atoms with Crippen LogP contribution in [0.1, 0.15) is 6.92 Å². The van der Waals surface area contributed by atoms with E-state index < -0.39 is 10.0 Å². The Hall–Kier alpha value is -1.05. The molecular weight excluding hydrogens is 264 g/mol. The molecule has 0 saturated heterocycles. The Morgan fingerprint density at radius 2 is 2.18 bits per heavy atom. The maximum absolute atomic E-state index is 11.3. The highest BCUT2D eigenvalue weighted by Gasteiger charge is 2.08. The topological polar surface area (TPSA) is 97.1 Å². The molecule has 4 N–H and O–H groups in total. The standard InChI is InChI=1S/C9H15ClN4O2S/c1-2-13-17(15,16)6-5-12-9-7(11)3-4-8(10)14-9/h3-4,13H,2,5-6,11H2,1H3,(H,12,14). The highest BCUT2D eigenvalue weighted by atomic mass is 35.5. The van der Waals surface area contributed by atoms with E-state index >= 15 is 0 Å². The summed E-state index contributed by atoms with van der Waals surface area (Å²) in [5.41, 5.74) is 6.08. The van der Waals surface area contributed by atoms with E-state index in [2.05, 4.69) is 15.0 Å². The van der Waals surface area contributed by atoms with Gasteiger partial charge in [0.05, 0.1) is 11.4 Å². The maximum atomic E-state index is 11.3. The minimum atomic E-state index is -3.24. The van der Waals surface area contributed by atoms with Crippen molar-refractivity contribution in [1.82, 2.24) is 9.71 Å². The van der Waals surface area contributed by atoms with Crippen LogP contribution in [0.15, 0.2) is 12.1 Å². The Labute approximate surface area is 106 Å². The Morgan fingerprint density at radius 1 is 1.47 bits per heavy atom. The van der Waals surface area contributed by atoms with Gasteiger partial charge in [0.15, 0.2) is 5.82 Å². The van der Waals surface area contributed by atoms with E-state index in [-0.39, 0.29) is 12.3 Å². The van der Waals surface area contributed by atoms with Crippen LogP contribution in [0.2, 0.25) is 5.15 Å². The van der Waals surface area contributed by atoms with Crippen LogP contribution in [0.5, 0.6) is 0 Å². The van der Waals surface area contributed by atoms with Gasteiger partial charge in [0.1, 0.15) is 5.15 Å². The first-order chi connectivity index (χ1) is 7.94. The summed E-state index contributed by atoms with van der Waals surface area (Å²) in [7, 11) is -3.24. The van der Waals surface area contributed by atoms with Gasteiger partial charge in [-0.1, -0.05) is 18.5 Å². The number of nitrogen functional groups attached to an aromatic ring is 1. The van der Waals surface area contributed by atoms with Crippen LogP contribution in [0.4, 0.5) is 11.5 Å². The number of nitrogens with one attached hydrogen (secondary N) is 2. The van der Waals surface area contributed by atoms with Crippen molar-refractivity contribution < 1.29 is 8.42 Å². The number of pyridine rings is 1. The van der Waals surface area contributed by atoms with Gasteiger partial charge in [0.25, 0.3) is 0 Å². The van der Waals surface area contributed by atoms with Gasteiger partial charge in [-0.15, -0.1) is 0 Å². The molecule has 1 rings (SSSR count). The molecule has 0 radical (unpaired) electrons. The van der Waals surface area contributed by atoms with Gasteiger partial charge < -0.3 is 11.1 Å². The van der Waals surface area contributed by atoms with Gasteiger partial charge in [-0.25, -0.2) is 18.1 Å². The van der Waals surface area contributed by atoms with E-state index in [9.17, 15) is 8.42 Å². The number of rotatable bonds is 6. The van der Waals surface area contributed by atoms with Gasteiger partial charge in [0.2, 0.25) is 10.0 Å². The molecule has 0 aliphatic rings. The molecule has 0 atom stereocenters. The maximum Gasteiger partial charge on any atom is 0.213 e. The first kappa shape index (κ1) is 14.0. The third-order valence-corrected chi connectivity index (χ3v) is 3.60. The molecule has 17 heavy (non-hydrogen) atoms. The summed E-state index contributed by atoms with van der Waals surface area (Å²) in [4.78, 5) is 3.95. The average molecular weight is 279 g/mol. The second kappa shape index (κ2) is 6.04. The SMILES string of the molecule is CCNS(=O)(=O)CCNc1nc(Cl)ccc1N. The van der Waals surface area contributed by atoms with E-state index in [1.165, 1.54) is 0 Å². The normalized spacial score (nSPS) is 11.4. The highest BCUT2D eigenvalue weighted by Crippen LogP contribution is 2.17. The van der Waals surface area contributed by atoms with Gasteiger partial charge in [0, 0.05) is 13.1 Å². The minimum absolute atomic E-state index is 0.0471. The average Bonchev–Trinajstić information content (AvgIpc) is 2.23. The largest absolute Gasteiger partial charge is 0.396 e. The Balaban J connectivity index is 2.54. The van der Waals surface area contributed by atoms with Crippen LogP contribution in [0.3, 0.4) is 0 Å². The molecule has 1 aromatic heterocycles. The summed E-state index contributed by atoms with van der Waals surface area (Å²) in [6.07, 6.45) is 0. The summed E-state index contributed by atoms with van der Waals surface area (Å²) < 4.78 is 25.1. The lowest BCUT2D eigenvalue weighted by molar-refractivity contribution is 0.584. The third-order valence-electron chi connectivity index (χ3n) is 1.92. The second-order valence-corrected chi connectivity index (χ2v) is 5.63. The van der Waals surface area contributed by atoms with Crippen LogP contribution in [-0.2, 0) is 10.0 Å². The molecule has 6 nitrogen and oxygen atoms in total. The van der Waals surface area contributed by atoms with Crippen molar-refractivity contribution in [3.63, 3.8) is 0 Å². The molecule has 0 aromatic carbocycles. The fraction of sp³-hybridized carbons (Fsp3) is 0.444. The fourth-order valence-corrected chi connectivity index (χ4v) is 2.29. The van der Waals surface area contributed by atoms with Crippen LogP contribution in [-0.4, -0.2) is 32.2 Å². The van der Waals surface area contributed by atoms with E-state index in [0.29, 0.717) is 23.2 Å². The summed E-state index contributed by atoms with van der Waals surface area (Å²) >= 11 is 5.70. The highest BCUT2D eigenvalue weighted by molar-refractivity contribution is 7.89. The summed E-state index contributed by atoms with van der Waals surface area (Å²) in [5, 5.41) is 3.13. The first-order valence-electron chi connectivity index (χ1n) is 5.08. The van der Waals surface area contributed by atoms with Crippen LogP contribution >= 0.6 is 11.6 Å². The smallest absolute Gasteiger partial charge is 0.213 e. The van der Waals surface area contributed by atoms with Crippen molar-refractivity contribution >= 4 is 33.1 Å². The third kappa shape index (κ3) is 4.76. The van der Waals surface area contributed by atoms with Crippen molar-refractivity contribution in [2.45, 2.75) is 6.92 Å². The van der Waals surface area contributed by atoms with Crippen molar-refractivity contribution in [3.8, 4) is 0 Å². The number of hydrogen-bond donors (Lipinski definition) is 3. The molecule has 0 bridgehead atoms. The van der Waals surface area contributed by atoms with Crippen molar-refractivity contribution in [2.24, 2.45) is 0 Å². The van der Waals surface area contributed by atoms with Gasteiger partial charge in [-0.3, -0.25) is 0 Å². The van der Waals surface area contributed by atoms with Crippen molar-refractivity contribution in [2.75, 3.05) is 29.9 Å². The molecule has 0 unspecified atom stereocenters. The molecule has 1 aromatic rings. The van der Waals surface area contributed by atoms with Crippen LogP contribution in [0, 0.1) is 0 Å². The van der Waals surface area contributed by atoms with Gasteiger partial charge >= 0.3 is 0 Å². The number of nitrogens with zero attached hydrogens (tertiary/aromatic N) is 1. The summed E-state index contributed by atoms with van der Waals surface area (Å²) in [5.74, 6) is 0.346. The molecule has 1 heterocycles. The molecule has 0 aliphatic carbocycles. The van der Waals surface area contributed by atoms with E-state index in [1.54, 1.807) is 19.1 Å². The molecule has 0 spiro atoms. The van der Waals surface area contributed by atoms with Gasteiger partial charge in [-0.05, 0) is 12.1 Å². The lowest BCUT2D eigenvalue weighted by atomic mass is 10.4. The molecular formula is C9H15ClN4O2S. The van der Waals surface area contributed by atoms with Crippen molar-refractivity contribution in [1.29, 1.82) is 0 Å². The predicted molar refractivity (Wildman–Crippen MR) is 69.6 cm³/mol. The number of anilines is 2. The molecule has 96 valence electrons. The number of nitrogens with two attached hydrogens (primary N) is 1. The molecule has 0 saturated carbocycles. The van der Waals surface area contributed by atoms with E-state index in [4.69, 9.17) is 17.3 Å². The Morgan fingerprint density at radius 3 is 2.82 bits per heavy atom. The van der Waals surface area contributed by atoms with Crippen LogP contribution < -0.4 is 15.8 Å². The lowest BCUT2D eigenvalue weighted by Gasteiger charge is -2.09. The molecule has 0 amide bonds. The predicted octanol–water partition coefficient (Wildman–Crippen LogP) is 0.668. The van der Waals surface area contributed by atoms with Crippen LogP contribution in [0.25, 0.3) is 0 Å². The zero-order valence-electron chi connectivity index (χ0n) is 9.40. The zero-order valence-corrected chi connectivity index (χ0v) is 11.0. The molecule has 8 heteroatoms. The monoisotopic (exact) mass is 278 g/mol. The Bertz CT molecular complexity index is 478. The number of halogens is 1. The quantitative estimate of drug-likeness (QED) is 0.665. The Kier molecular flexibility index (Phi) is 4.98. The number of hydrogen-bond acceptors (Lipinski definition) is 5. The van der Waals surface area contributed by atoms with E-state index in [0.717, 1.165) is 0 Å². The minimum Gasteiger partial charge on any atom is -0.396 e. The molecule has 0 fully saturated rings. The fourth-order valence-electron chi connectivity index (χ4n) is 1.18. The number of sulfonamides is 1. The summed E-state index contributed by atoms with van der Waals surface area (Å²) in [6.45, 7) is 2.31. The lowest BCUT2D eigenvalue weighted by Crippen LogP contribution is -2.29. The zero-order chi connectivity index (χ0) is 12.9. The van der Waals surface area contributed by atoms with Gasteiger partial charge in [-0.2, -0.15) is 0 Å². The van der Waals surface area contributed by atoms with E-state index in [1.807, 2.05) is 0 Å². The second-order valence-electron chi connectivity index (χ2n) is 3.32. The molecule has 0 aliphatic heterocycles. The summed E-state index contributed by atoms with van der Waals surface area (Å²) in [6, 6.07) is 3.17. The number of aromatic nitrogens is 1.